The Morgan fingerprint density at radius 1 is 1.29 bits per heavy atom. The van der Waals surface area contributed by atoms with E-state index in [0.717, 1.165) is 18.6 Å². The van der Waals surface area contributed by atoms with E-state index in [0.29, 0.717) is 18.5 Å². The van der Waals surface area contributed by atoms with Crippen LogP contribution >= 0.6 is 0 Å². The number of sulfone groups is 1. The summed E-state index contributed by atoms with van der Waals surface area (Å²) in [5, 5.41) is 0. The third kappa shape index (κ3) is 4.97. The van der Waals surface area contributed by atoms with Crippen molar-refractivity contribution in [2.24, 2.45) is 0 Å². The molecule has 0 N–H and O–H groups in total. The first-order valence-electron chi connectivity index (χ1n) is 8.60. The predicted octanol–water partition coefficient (Wildman–Crippen LogP) is 2.90. The van der Waals surface area contributed by atoms with Crippen LogP contribution in [-0.4, -0.2) is 49.4 Å². The Morgan fingerprint density at radius 3 is 2.46 bits per heavy atom. The van der Waals surface area contributed by atoms with Crippen molar-refractivity contribution in [2.75, 3.05) is 18.1 Å². The third-order valence-corrected chi connectivity index (χ3v) is 5.89. The number of amides is 1. The van der Waals surface area contributed by atoms with Crippen molar-refractivity contribution < 1.29 is 17.9 Å². The van der Waals surface area contributed by atoms with Gasteiger partial charge in [-0.2, -0.15) is 0 Å². The molecule has 24 heavy (non-hydrogen) atoms. The van der Waals surface area contributed by atoms with Gasteiger partial charge in [0.25, 0.3) is 5.91 Å². The molecule has 1 amide bonds. The summed E-state index contributed by atoms with van der Waals surface area (Å²) in [6, 6.07) is 6.87. The second kappa shape index (κ2) is 8.01. The lowest BCUT2D eigenvalue weighted by Crippen LogP contribution is -2.41. The second-order valence-electron chi connectivity index (χ2n) is 6.60. The Balaban J connectivity index is 2.15. The van der Waals surface area contributed by atoms with Gasteiger partial charge in [0.1, 0.15) is 5.75 Å². The highest BCUT2D eigenvalue weighted by Gasteiger charge is 2.34. The minimum absolute atomic E-state index is 0.0799. The van der Waals surface area contributed by atoms with Crippen LogP contribution < -0.4 is 4.74 Å². The summed E-state index contributed by atoms with van der Waals surface area (Å²) in [4.78, 5) is 14.6. The molecule has 1 atom stereocenters. The molecule has 1 aromatic carbocycles. The van der Waals surface area contributed by atoms with Gasteiger partial charge in [0, 0.05) is 18.2 Å². The van der Waals surface area contributed by atoms with Gasteiger partial charge in [-0.1, -0.05) is 13.3 Å². The van der Waals surface area contributed by atoms with E-state index in [9.17, 15) is 13.2 Å². The number of unbranched alkanes of at least 4 members (excludes halogenated alkanes) is 1. The molecule has 134 valence electrons. The van der Waals surface area contributed by atoms with E-state index in [4.69, 9.17) is 4.74 Å². The monoisotopic (exact) mass is 353 g/mol. The van der Waals surface area contributed by atoms with E-state index in [-0.39, 0.29) is 29.6 Å². The van der Waals surface area contributed by atoms with Gasteiger partial charge in [-0.15, -0.1) is 0 Å². The van der Waals surface area contributed by atoms with Crippen molar-refractivity contribution in [2.45, 2.75) is 52.2 Å². The summed E-state index contributed by atoms with van der Waals surface area (Å²) < 4.78 is 29.1. The maximum atomic E-state index is 12.9. The SMILES string of the molecule is CCCCN(C(=O)c1ccc(OC(C)C)cc1)[C@H]1CCS(=O)(=O)C1. The quantitative estimate of drug-likeness (QED) is 0.756. The number of carbonyl (C=O) groups excluding carboxylic acids is 1. The summed E-state index contributed by atoms with van der Waals surface area (Å²) in [5.41, 5.74) is 0.575. The van der Waals surface area contributed by atoms with E-state index < -0.39 is 9.84 Å². The van der Waals surface area contributed by atoms with Crippen molar-refractivity contribution >= 4 is 15.7 Å². The Labute approximate surface area is 144 Å². The van der Waals surface area contributed by atoms with E-state index in [1.165, 1.54) is 0 Å². The number of carbonyl (C=O) groups is 1. The Morgan fingerprint density at radius 2 is 1.96 bits per heavy atom. The molecule has 1 aliphatic rings. The Hall–Kier alpha value is -1.56. The van der Waals surface area contributed by atoms with Gasteiger partial charge in [0.15, 0.2) is 9.84 Å². The molecule has 0 aromatic heterocycles. The van der Waals surface area contributed by atoms with Crippen LogP contribution in [0.25, 0.3) is 0 Å². The van der Waals surface area contributed by atoms with Gasteiger partial charge in [0.2, 0.25) is 0 Å². The average Bonchev–Trinajstić information content (AvgIpc) is 2.87. The number of nitrogens with zero attached hydrogens (tertiary/aromatic N) is 1. The normalized spacial score (nSPS) is 19.4. The lowest BCUT2D eigenvalue weighted by Gasteiger charge is -2.28. The van der Waals surface area contributed by atoms with E-state index in [1.54, 1.807) is 29.2 Å². The van der Waals surface area contributed by atoms with E-state index >= 15 is 0 Å². The molecular formula is C18H27NO4S. The maximum absolute atomic E-state index is 12.9. The molecule has 0 aliphatic carbocycles. The highest BCUT2D eigenvalue weighted by Crippen LogP contribution is 2.22. The largest absolute Gasteiger partial charge is 0.491 e. The molecular weight excluding hydrogens is 326 g/mol. The summed E-state index contributed by atoms with van der Waals surface area (Å²) in [5.74, 6) is 0.887. The van der Waals surface area contributed by atoms with Gasteiger partial charge < -0.3 is 9.64 Å². The minimum Gasteiger partial charge on any atom is -0.491 e. The zero-order valence-electron chi connectivity index (χ0n) is 14.7. The summed E-state index contributed by atoms with van der Waals surface area (Å²) >= 11 is 0. The zero-order chi connectivity index (χ0) is 17.7. The van der Waals surface area contributed by atoms with Crippen molar-refractivity contribution in [3.8, 4) is 5.75 Å². The van der Waals surface area contributed by atoms with Gasteiger partial charge in [-0.05, 0) is 51.0 Å². The van der Waals surface area contributed by atoms with Crippen LogP contribution in [-0.2, 0) is 9.84 Å². The molecule has 6 heteroatoms. The van der Waals surface area contributed by atoms with E-state index in [1.807, 2.05) is 13.8 Å². The maximum Gasteiger partial charge on any atom is 0.254 e. The first-order chi connectivity index (χ1) is 11.3. The number of hydrogen-bond acceptors (Lipinski definition) is 4. The number of benzene rings is 1. The standard InChI is InChI=1S/C18H27NO4S/c1-4-5-11-19(16-10-12-24(21,22)13-16)18(20)15-6-8-17(9-7-15)23-14(2)3/h6-9,14,16H,4-5,10-13H2,1-3H3/t16-/m0/s1. The van der Waals surface area contributed by atoms with Crippen LogP contribution in [0.4, 0.5) is 0 Å². The lowest BCUT2D eigenvalue weighted by molar-refractivity contribution is 0.0694. The van der Waals surface area contributed by atoms with Gasteiger partial charge in [-0.25, -0.2) is 8.42 Å². The second-order valence-corrected chi connectivity index (χ2v) is 8.83. The van der Waals surface area contributed by atoms with Gasteiger partial charge >= 0.3 is 0 Å². The summed E-state index contributed by atoms with van der Waals surface area (Å²) in [7, 11) is -3.02. The molecule has 0 bridgehead atoms. The molecule has 2 rings (SSSR count). The van der Waals surface area contributed by atoms with Gasteiger partial charge in [0.05, 0.1) is 17.6 Å². The molecule has 0 spiro atoms. The fourth-order valence-corrected chi connectivity index (χ4v) is 4.64. The van der Waals surface area contributed by atoms with E-state index in [2.05, 4.69) is 6.92 Å². The molecule has 1 aliphatic heterocycles. The summed E-state index contributed by atoms with van der Waals surface area (Å²) in [6.07, 6.45) is 2.45. The molecule has 1 fully saturated rings. The molecule has 0 saturated carbocycles. The number of rotatable bonds is 7. The van der Waals surface area contributed by atoms with Crippen molar-refractivity contribution in [3.63, 3.8) is 0 Å². The molecule has 5 nitrogen and oxygen atoms in total. The summed E-state index contributed by atoms with van der Waals surface area (Å²) in [6.45, 7) is 6.56. The Kier molecular flexibility index (Phi) is 6.27. The van der Waals surface area contributed by atoms with Crippen LogP contribution in [0.5, 0.6) is 5.75 Å². The van der Waals surface area contributed by atoms with Crippen molar-refractivity contribution in [1.82, 2.24) is 4.90 Å². The number of hydrogen-bond donors (Lipinski definition) is 0. The van der Waals surface area contributed by atoms with Crippen LogP contribution in [0, 0.1) is 0 Å². The zero-order valence-corrected chi connectivity index (χ0v) is 15.5. The van der Waals surface area contributed by atoms with Crippen molar-refractivity contribution in [3.05, 3.63) is 29.8 Å². The first kappa shape index (κ1) is 18.8. The van der Waals surface area contributed by atoms with Crippen molar-refractivity contribution in [1.29, 1.82) is 0 Å². The van der Waals surface area contributed by atoms with Crippen LogP contribution in [0.1, 0.15) is 50.4 Å². The molecule has 0 unspecified atom stereocenters. The Bertz CT molecular complexity index is 652. The first-order valence-corrected chi connectivity index (χ1v) is 10.4. The average molecular weight is 353 g/mol. The number of ether oxygens (including phenoxy) is 1. The molecule has 0 radical (unpaired) electrons. The molecule has 1 heterocycles. The smallest absolute Gasteiger partial charge is 0.254 e. The fraction of sp³-hybridized carbons (Fsp3) is 0.611. The topological polar surface area (TPSA) is 63.7 Å². The van der Waals surface area contributed by atoms with Crippen LogP contribution in [0.15, 0.2) is 24.3 Å². The van der Waals surface area contributed by atoms with Crippen LogP contribution in [0.2, 0.25) is 0 Å². The predicted molar refractivity (Wildman–Crippen MR) is 95.2 cm³/mol. The minimum atomic E-state index is -3.02. The van der Waals surface area contributed by atoms with Gasteiger partial charge in [-0.3, -0.25) is 4.79 Å². The fourth-order valence-electron chi connectivity index (χ4n) is 2.91. The van der Waals surface area contributed by atoms with Crippen LogP contribution in [0.3, 0.4) is 0 Å². The molecule has 1 saturated heterocycles. The third-order valence-electron chi connectivity index (χ3n) is 4.14. The lowest BCUT2D eigenvalue weighted by atomic mass is 10.1. The molecule has 1 aromatic rings. The highest BCUT2D eigenvalue weighted by molar-refractivity contribution is 7.91. The highest BCUT2D eigenvalue weighted by atomic mass is 32.2.